The van der Waals surface area contributed by atoms with Crippen LogP contribution in [0.15, 0.2) is 66.7 Å². The van der Waals surface area contributed by atoms with Gasteiger partial charge < -0.3 is 9.47 Å². The molecule has 0 bridgehead atoms. The summed E-state index contributed by atoms with van der Waals surface area (Å²) in [5.74, 6) is -2.81. The van der Waals surface area contributed by atoms with E-state index >= 15 is 0 Å². The molecule has 0 saturated carbocycles. The standard InChI is InChI=1S/C23H24O5/c1-27-22(25)20(23(26)28-2)15-18(14-13-17-9-5-3-6-10-17)16-21(24)19-11-7-4-8-12-19/h3-14,18,20H,15-16H2,1-2H3/b14-13+. The molecule has 0 radical (unpaired) electrons. The minimum absolute atomic E-state index is 0.0585. The number of ether oxygens (including phenoxy) is 2. The number of methoxy groups -OCH3 is 2. The number of rotatable bonds is 9. The van der Waals surface area contributed by atoms with Crippen molar-refractivity contribution in [1.29, 1.82) is 0 Å². The summed E-state index contributed by atoms with van der Waals surface area (Å²) in [4.78, 5) is 36.8. The Bertz CT molecular complexity index is 795. The SMILES string of the molecule is COC(=O)C(CC(/C=C/c1ccccc1)CC(=O)c1ccccc1)C(=O)OC. The molecule has 0 aliphatic carbocycles. The number of Topliss-reactive ketones (excluding diaryl/α,β-unsaturated/α-hetero) is 1. The second-order valence-corrected chi connectivity index (χ2v) is 6.36. The first-order valence-corrected chi connectivity index (χ1v) is 9.02. The van der Waals surface area contributed by atoms with E-state index < -0.39 is 17.9 Å². The van der Waals surface area contributed by atoms with Crippen molar-refractivity contribution in [2.24, 2.45) is 11.8 Å². The van der Waals surface area contributed by atoms with Crippen LogP contribution in [0.2, 0.25) is 0 Å². The molecule has 0 N–H and O–H groups in total. The van der Waals surface area contributed by atoms with Gasteiger partial charge in [0.2, 0.25) is 0 Å². The lowest BCUT2D eigenvalue weighted by Gasteiger charge is -2.18. The first kappa shape index (κ1) is 21.1. The van der Waals surface area contributed by atoms with E-state index in [0.29, 0.717) is 5.56 Å². The quantitative estimate of drug-likeness (QED) is 0.374. The Balaban J connectivity index is 2.23. The van der Waals surface area contributed by atoms with Gasteiger partial charge in [0.05, 0.1) is 14.2 Å². The Hall–Kier alpha value is -3.21. The number of hydrogen-bond donors (Lipinski definition) is 0. The van der Waals surface area contributed by atoms with E-state index in [0.717, 1.165) is 5.56 Å². The Morgan fingerprint density at radius 2 is 1.39 bits per heavy atom. The summed E-state index contributed by atoms with van der Waals surface area (Å²) < 4.78 is 9.48. The van der Waals surface area contributed by atoms with Gasteiger partial charge in [0.25, 0.3) is 0 Å². The monoisotopic (exact) mass is 380 g/mol. The average molecular weight is 380 g/mol. The zero-order valence-electron chi connectivity index (χ0n) is 16.0. The van der Waals surface area contributed by atoms with Crippen molar-refractivity contribution >= 4 is 23.8 Å². The van der Waals surface area contributed by atoms with E-state index in [1.807, 2.05) is 48.6 Å². The fraction of sp³-hybridized carbons (Fsp3) is 0.261. The Morgan fingerprint density at radius 3 is 1.93 bits per heavy atom. The maximum absolute atomic E-state index is 12.7. The van der Waals surface area contributed by atoms with Crippen molar-refractivity contribution in [1.82, 2.24) is 0 Å². The van der Waals surface area contributed by atoms with Crippen molar-refractivity contribution in [3.8, 4) is 0 Å². The number of hydrogen-bond acceptors (Lipinski definition) is 5. The second-order valence-electron chi connectivity index (χ2n) is 6.36. The normalized spacial score (nSPS) is 12.0. The van der Waals surface area contributed by atoms with E-state index in [-0.39, 0.29) is 24.5 Å². The van der Waals surface area contributed by atoms with Crippen LogP contribution in [0.3, 0.4) is 0 Å². The van der Waals surface area contributed by atoms with Crippen LogP contribution in [0.25, 0.3) is 6.08 Å². The van der Waals surface area contributed by atoms with Crippen LogP contribution in [0, 0.1) is 11.8 Å². The van der Waals surface area contributed by atoms with Gasteiger partial charge >= 0.3 is 11.9 Å². The van der Waals surface area contributed by atoms with Gasteiger partial charge in [-0.3, -0.25) is 14.4 Å². The number of esters is 2. The van der Waals surface area contributed by atoms with Crippen molar-refractivity contribution < 1.29 is 23.9 Å². The molecule has 2 rings (SSSR count). The van der Waals surface area contributed by atoms with Crippen LogP contribution in [-0.4, -0.2) is 31.9 Å². The highest BCUT2D eigenvalue weighted by Gasteiger charge is 2.31. The molecule has 5 heteroatoms. The van der Waals surface area contributed by atoms with Crippen LogP contribution in [0.1, 0.15) is 28.8 Å². The molecule has 0 aliphatic rings. The molecule has 2 aromatic carbocycles. The Morgan fingerprint density at radius 1 is 0.857 bits per heavy atom. The lowest BCUT2D eigenvalue weighted by Crippen LogP contribution is -2.29. The molecule has 2 aromatic rings. The number of carbonyl (C=O) groups is 3. The van der Waals surface area contributed by atoms with Crippen LogP contribution >= 0.6 is 0 Å². The molecule has 0 saturated heterocycles. The van der Waals surface area contributed by atoms with Crippen LogP contribution in [-0.2, 0) is 19.1 Å². The summed E-state index contributed by atoms with van der Waals surface area (Å²) in [6.07, 6.45) is 4.03. The maximum Gasteiger partial charge on any atom is 0.320 e. The van der Waals surface area contributed by atoms with E-state index in [9.17, 15) is 14.4 Å². The highest BCUT2D eigenvalue weighted by Crippen LogP contribution is 2.23. The van der Waals surface area contributed by atoms with Crippen LogP contribution < -0.4 is 0 Å². The summed E-state index contributed by atoms with van der Waals surface area (Å²) >= 11 is 0. The summed E-state index contributed by atoms with van der Waals surface area (Å²) in [7, 11) is 2.45. The van der Waals surface area contributed by atoms with E-state index in [1.165, 1.54) is 14.2 Å². The van der Waals surface area contributed by atoms with E-state index in [1.54, 1.807) is 24.3 Å². The molecule has 28 heavy (non-hydrogen) atoms. The fourth-order valence-electron chi connectivity index (χ4n) is 2.90. The van der Waals surface area contributed by atoms with Crippen molar-refractivity contribution in [2.45, 2.75) is 12.8 Å². The zero-order valence-corrected chi connectivity index (χ0v) is 16.0. The molecule has 0 spiro atoms. The third-order valence-corrected chi connectivity index (χ3v) is 4.41. The summed E-state index contributed by atoms with van der Waals surface area (Å²) in [6.45, 7) is 0. The molecular formula is C23H24O5. The van der Waals surface area contributed by atoms with Gasteiger partial charge in [-0.25, -0.2) is 0 Å². The smallest absolute Gasteiger partial charge is 0.320 e. The van der Waals surface area contributed by atoms with Crippen molar-refractivity contribution in [3.63, 3.8) is 0 Å². The largest absolute Gasteiger partial charge is 0.468 e. The number of carbonyl (C=O) groups excluding carboxylic acids is 3. The van der Waals surface area contributed by atoms with E-state index in [4.69, 9.17) is 9.47 Å². The summed E-state index contributed by atoms with van der Waals surface area (Å²) in [5.41, 5.74) is 1.56. The zero-order chi connectivity index (χ0) is 20.4. The number of ketones is 1. The summed E-state index contributed by atoms with van der Waals surface area (Å²) in [6, 6.07) is 18.5. The third-order valence-electron chi connectivity index (χ3n) is 4.41. The molecule has 1 atom stereocenters. The minimum atomic E-state index is -1.08. The lowest BCUT2D eigenvalue weighted by atomic mass is 9.88. The van der Waals surface area contributed by atoms with Gasteiger partial charge in [0.1, 0.15) is 0 Å². The van der Waals surface area contributed by atoms with Crippen LogP contribution in [0.4, 0.5) is 0 Å². The molecular weight excluding hydrogens is 356 g/mol. The molecule has 0 fully saturated rings. The predicted molar refractivity (Wildman–Crippen MR) is 106 cm³/mol. The van der Waals surface area contributed by atoms with Gasteiger partial charge in [-0.05, 0) is 17.9 Å². The first-order chi connectivity index (χ1) is 13.5. The topological polar surface area (TPSA) is 69.7 Å². The third kappa shape index (κ3) is 6.20. The maximum atomic E-state index is 12.7. The molecule has 0 amide bonds. The molecule has 5 nitrogen and oxygen atoms in total. The molecule has 0 aromatic heterocycles. The van der Waals surface area contributed by atoms with Crippen molar-refractivity contribution in [3.05, 3.63) is 77.9 Å². The molecule has 1 unspecified atom stereocenters. The highest BCUT2D eigenvalue weighted by molar-refractivity contribution is 5.97. The Kier molecular flexibility index (Phi) is 8.15. The first-order valence-electron chi connectivity index (χ1n) is 9.02. The molecule has 146 valence electrons. The Labute approximate surface area is 165 Å². The highest BCUT2D eigenvalue weighted by atomic mass is 16.5. The molecule has 0 heterocycles. The van der Waals surface area contributed by atoms with Gasteiger partial charge in [0.15, 0.2) is 11.7 Å². The average Bonchev–Trinajstić information content (AvgIpc) is 2.75. The van der Waals surface area contributed by atoms with Gasteiger partial charge in [0, 0.05) is 12.0 Å². The predicted octanol–water partition coefficient (Wildman–Crippen LogP) is 3.94. The van der Waals surface area contributed by atoms with Gasteiger partial charge in [-0.2, -0.15) is 0 Å². The minimum Gasteiger partial charge on any atom is -0.468 e. The van der Waals surface area contributed by atoms with E-state index in [2.05, 4.69) is 0 Å². The molecule has 0 aliphatic heterocycles. The number of allylic oxidation sites excluding steroid dienone is 1. The lowest BCUT2D eigenvalue weighted by molar-refractivity contribution is -0.159. The van der Waals surface area contributed by atoms with Gasteiger partial charge in [-0.15, -0.1) is 0 Å². The van der Waals surface area contributed by atoms with Crippen LogP contribution in [0.5, 0.6) is 0 Å². The summed E-state index contributed by atoms with van der Waals surface area (Å²) in [5, 5.41) is 0. The second kappa shape index (κ2) is 10.8. The van der Waals surface area contributed by atoms with Crippen molar-refractivity contribution in [2.75, 3.05) is 14.2 Å². The number of benzene rings is 2. The fourth-order valence-corrected chi connectivity index (χ4v) is 2.90. The van der Waals surface area contributed by atoms with Gasteiger partial charge in [-0.1, -0.05) is 72.8 Å².